The van der Waals surface area contributed by atoms with Crippen molar-refractivity contribution in [3.63, 3.8) is 0 Å². The lowest BCUT2D eigenvalue weighted by Gasteiger charge is -2.22. The number of hydrogen-bond donors (Lipinski definition) is 1. The Morgan fingerprint density at radius 1 is 1.06 bits per heavy atom. The number of likely N-dealkylation sites (N-methyl/N-ethyl adjacent to an activating group) is 1. The van der Waals surface area contributed by atoms with Gasteiger partial charge >= 0.3 is 0 Å². The lowest BCUT2D eigenvalue weighted by molar-refractivity contribution is 0.151. The van der Waals surface area contributed by atoms with Crippen LogP contribution < -0.4 is 10.1 Å². The van der Waals surface area contributed by atoms with E-state index < -0.39 is 0 Å². The van der Waals surface area contributed by atoms with E-state index in [4.69, 9.17) is 4.74 Å². The summed E-state index contributed by atoms with van der Waals surface area (Å²) < 4.78 is 6.06. The van der Waals surface area contributed by atoms with E-state index in [-0.39, 0.29) is 6.10 Å². The normalized spacial score (nSPS) is 12.9. The molecular weight excluding hydrogens is 222 g/mol. The number of rotatable bonds is 5. The lowest BCUT2D eigenvalue weighted by Crippen LogP contribution is -2.33. The molecule has 18 heavy (non-hydrogen) atoms. The van der Waals surface area contributed by atoms with Crippen molar-refractivity contribution in [3.05, 3.63) is 42.5 Å². The maximum absolute atomic E-state index is 6.06. The minimum Gasteiger partial charge on any atom is -0.489 e. The molecule has 0 amide bonds. The first-order chi connectivity index (χ1) is 8.70. The fourth-order valence-corrected chi connectivity index (χ4v) is 2.03. The van der Waals surface area contributed by atoms with Crippen LogP contribution >= 0.6 is 0 Å². The Kier molecular flexibility index (Phi) is 4.21. The zero-order valence-electron chi connectivity index (χ0n) is 11.3. The van der Waals surface area contributed by atoms with E-state index >= 15 is 0 Å². The molecule has 1 unspecified atom stereocenters. The zero-order valence-corrected chi connectivity index (χ0v) is 11.3. The van der Waals surface area contributed by atoms with Crippen LogP contribution in [0.4, 0.5) is 0 Å². The standard InChI is InChI=1S/C16H21NO/c1-12(2)16(11-17-3)18-15-9-8-13-6-4-5-7-14(13)10-15/h4-10,12,16-17H,11H2,1-3H3. The highest BCUT2D eigenvalue weighted by Gasteiger charge is 2.14. The highest BCUT2D eigenvalue weighted by Crippen LogP contribution is 2.22. The van der Waals surface area contributed by atoms with Gasteiger partial charge in [-0.05, 0) is 35.9 Å². The molecule has 2 aromatic rings. The van der Waals surface area contributed by atoms with Gasteiger partial charge in [0.2, 0.25) is 0 Å². The van der Waals surface area contributed by atoms with E-state index in [0.717, 1.165) is 12.3 Å². The summed E-state index contributed by atoms with van der Waals surface area (Å²) in [6, 6.07) is 14.6. The third kappa shape index (κ3) is 3.02. The van der Waals surface area contributed by atoms with Gasteiger partial charge < -0.3 is 10.1 Å². The topological polar surface area (TPSA) is 21.3 Å². The first kappa shape index (κ1) is 12.9. The average Bonchev–Trinajstić information content (AvgIpc) is 2.38. The molecule has 0 saturated heterocycles. The van der Waals surface area contributed by atoms with E-state index in [1.807, 2.05) is 13.1 Å². The van der Waals surface area contributed by atoms with E-state index in [2.05, 4.69) is 55.6 Å². The van der Waals surface area contributed by atoms with Crippen molar-refractivity contribution in [2.45, 2.75) is 20.0 Å². The Hall–Kier alpha value is -1.54. The van der Waals surface area contributed by atoms with Crippen molar-refractivity contribution in [1.82, 2.24) is 5.32 Å². The third-order valence-corrected chi connectivity index (χ3v) is 3.16. The highest BCUT2D eigenvalue weighted by molar-refractivity contribution is 5.83. The highest BCUT2D eigenvalue weighted by atomic mass is 16.5. The average molecular weight is 243 g/mol. The summed E-state index contributed by atoms with van der Waals surface area (Å²) in [6.45, 7) is 5.23. The van der Waals surface area contributed by atoms with Crippen molar-refractivity contribution in [1.29, 1.82) is 0 Å². The Balaban J connectivity index is 2.20. The molecule has 0 fully saturated rings. The van der Waals surface area contributed by atoms with Gasteiger partial charge in [0.05, 0.1) is 0 Å². The molecule has 0 bridgehead atoms. The molecule has 0 aromatic heterocycles. The number of fused-ring (bicyclic) bond motifs is 1. The van der Waals surface area contributed by atoms with Crippen molar-refractivity contribution in [2.24, 2.45) is 5.92 Å². The molecule has 96 valence electrons. The van der Waals surface area contributed by atoms with Crippen LogP contribution in [0.5, 0.6) is 5.75 Å². The van der Waals surface area contributed by atoms with Gasteiger partial charge in [0.15, 0.2) is 0 Å². The number of ether oxygens (including phenoxy) is 1. The van der Waals surface area contributed by atoms with Gasteiger partial charge in [0.1, 0.15) is 11.9 Å². The second kappa shape index (κ2) is 5.87. The SMILES string of the molecule is CNCC(Oc1ccc2ccccc2c1)C(C)C. The van der Waals surface area contributed by atoms with E-state index in [1.54, 1.807) is 0 Å². The largest absolute Gasteiger partial charge is 0.489 e. The Morgan fingerprint density at radius 2 is 1.78 bits per heavy atom. The van der Waals surface area contributed by atoms with Crippen molar-refractivity contribution in [3.8, 4) is 5.75 Å². The molecule has 0 aliphatic heterocycles. The maximum Gasteiger partial charge on any atom is 0.120 e. The molecule has 2 nitrogen and oxygen atoms in total. The molecule has 1 N–H and O–H groups in total. The molecule has 0 spiro atoms. The summed E-state index contributed by atoms with van der Waals surface area (Å²) in [5, 5.41) is 5.66. The van der Waals surface area contributed by atoms with Gasteiger partial charge in [-0.2, -0.15) is 0 Å². The molecule has 2 aromatic carbocycles. The summed E-state index contributed by atoms with van der Waals surface area (Å²) in [5.41, 5.74) is 0. The summed E-state index contributed by atoms with van der Waals surface area (Å²) in [5.74, 6) is 1.44. The second-order valence-corrected chi connectivity index (χ2v) is 4.97. The zero-order chi connectivity index (χ0) is 13.0. The molecule has 2 heteroatoms. The fourth-order valence-electron chi connectivity index (χ4n) is 2.03. The van der Waals surface area contributed by atoms with Gasteiger partial charge in [-0.25, -0.2) is 0 Å². The minimum atomic E-state index is 0.205. The summed E-state index contributed by atoms with van der Waals surface area (Å²) >= 11 is 0. The van der Waals surface area contributed by atoms with E-state index in [0.29, 0.717) is 5.92 Å². The van der Waals surface area contributed by atoms with Gasteiger partial charge in [-0.3, -0.25) is 0 Å². The van der Waals surface area contributed by atoms with E-state index in [9.17, 15) is 0 Å². The predicted octanol–water partition coefficient (Wildman–Crippen LogP) is 3.46. The van der Waals surface area contributed by atoms with Crippen LogP contribution in [0.3, 0.4) is 0 Å². The van der Waals surface area contributed by atoms with Gasteiger partial charge in [-0.1, -0.05) is 44.2 Å². The van der Waals surface area contributed by atoms with Gasteiger partial charge in [0.25, 0.3) is 0 Å². The number of nitrogens with one attached hydrogen (secondary N) is 1. The van der Waals surface area contributed by atoms with Crippen LogP contribution in [0.2, 0.25) is 0 Å². The van der Waals surface area contributed by atoms with Crippen LogP contribution in [0.25, 0.3) is 10.8 Å². The van der Waals surface area contributed by atoms with Crippen LogP contribution in [0, 0.1) is 5.92 Å². The predicted molar refractivity (Wildman–Crippen MR) is 77.1 cm³/mol. The summed E-state index contributed by atoms with van der Waals surface area (Å²) in [7, 11) is 1.96. The third-order valence-electron chi connectivity index (χ3n) is 3.16. The molecule has 0 saturated carbocycles. The lowest BCUT2D eigenvalue weighted by atomic mass is 10.1. The molecule has 0 radical (unpaired) electrons. The number of benzene rings is 2. The second-order valence-electron chi connectivity index (χ2n) is 4.97. The van der Waals surface area contributed by atoms with Gasteiger partial charge in [-0.15, -0.1) is 0 Å². The Morgan fingerprint density at radius 3 is 2.44 bits per heavy atom. The molecular formula is C16H21NO. The summed E-state index contributed by atoms with van der Waals surface area (Å²) in [4.78, 5) is 0. The van der Waals surface area contributed by atoms with Crippen molar-refractivity contribution in [2.75, 3.05) is 13.6 Å². The fraction of sp³-hybridized carbons (Fsp3) is 0.375. The first-order valence-electron chi connectivity index (χ1n) is 6.51. The van der Waals surface area contributed by atoms with Crippen LogP contribution in [0.1, 0.15) is 13.8 Å². The molecule has 1 atom stereocenters. The van der Waals surface area contributed by atoms with E-state index in [1.165, 1.54) is 10.8 Å². The molecule has 0 aliphatic carbocycles. The Labute approximate surface area is 109 Å². The smallest absolute Gasteiger partial charge is 0.120 e. The maximum atomic E-state index is 6.06. The minimum absolute atomic E-state index is 0.205. The van der Waals surface area contributed by atoms with Gasteiger partial charge in [0, 0.05) is 6.54 Å². The quantitative estimate of drug-likeness (QED) is 0.868. The molecule has 2 rings (SSSR count). The van der Waals surface area contributed by atoms with Crippen LogP contribution in [-0.2, 0) is 0 Å². The molecule has 0 aliphatic rings. The monoisotopic (exact) mass is 243 g/mol. The first-order valence-corrected chi connectivity index (χ1v) is 6.51. The molecule has 0 heterocycles. The number of hydrogen-bond acceptors (Lipinski definition) is 2. The summed E-state index contributed by atoms with van der Waals surface area (Å²) in [6.07, 6.45) is 0.205. The van der Waals surface area contributed by atoms with Crippen molar-refractivity contribution >= 4 is 10.8 Å². The van der Waals surface area contributed by atoms with Crippen molar-refractivity contribution < 1.29 is 4.74 Å². The van der Waals surface area contributed by atoms with Crippen LogP contribution in [0.15, 0.2) is 42.5 Å². The Bertz CT molecular complexity index is 507. The van der Waals surface area contributed by atoms with Crippen LogP contribution in [-0.4, -0.2) is 19.7 Å².